The smallest absolute Gasteiger partial charge is 0.212 e. The number of nitrogens with zero attached hydrogens (tertiary/aromatic N) is 4. The van der Waals surface area contributed by atoms with Crippen LogP contribution >= 0.6 is 34.4 Å². The molecular weight excluding hydrogens is 575 g/mol. The molecule has 3 N–H and O–H groups in total. The molecule has 0 unspecified atom stereocenters. The molecular formula is C21H25IN6O3S2. The zero-order chi connectivity index (χ0) is 24.0. The van der Waals surface area contributed by atoms with Crippen LogP contribution in [0.25, 0.3) is 11.2 Å². The number of nitrogens with two attached hydrogens (primary N) is 1. The lowest BCUT2D eigenvalue weighted by Crippen LogP contribution is -2.41. The number of hydrogen-bond donors (Lipinski definition) is 2. The Bertz CT molecular complexity index is 1350. The number of fused-ring (bicyclic) bond motifs is 2. The largest absolute Gasteiger partial charge is 0.382 e. The van der Waals surface area contributed by atoms with E-state index >= 15 is 0 Å². The second kappa shape index (κ2) is 9.12. The summed E-state index contributed by atoms with van der Waals surface area (Å²) < 4.78 is 30.4. The van der Waals surface area contributed by atoms with Crippen molar-refractivity contribution in [3.63, 3.8) is 0 Å². The van der Waals surface area contributed by atoms with Crippen LogP contribution in [0.4, 0.5) is 5.82 Å². The van der Waals surface area contributed by atoms with Crippen LogP contribution in [0, 0.1) is 3.57 Å². The molecule has 0 spiro atoms. The first-order valence-corrected chi connectivity index (χ1v) is 14.0. The Kier molecular flexibility index (Phi) is 6.73. The van der Waals surface area contributed by atoms with E-state index in [1.165, 1.54) is 18.1 Å². The molecule has 0 bridgehead atoms. The van der Waals surface area contributed by atoms with Gasteiger partial charge in [0.05, 0.1) is 5.75 Å². The molecule has 9 nitrogen and oxygen atoms in total. The highest BCUT2D eigenvalue weighted by Gasteiger charge is 2.24. The molecule has 2 heterocycles. The van der Waals surface area contributed by atoms with E-state index < -0.39 is 15.6 Å². The second-order valence-electron chi connectivity index (χ2n) is 8.97. The van der Waals surface area contributed by atoms with Gasteiger partial charge in [0.1, 0.15) is 6.33 Å². The Balaban J connectivity index is 1.64. The Morgan fingerprint density at radius 3 is 2.73 bits per heavy atom. The molecule has 4 rings (SSSR count). The third kappa shape index (κ3) is 5.49. The molecule has 176 valence electrons. The first kappa shape index (κ1) is 24.4. The number of rotatable bonds is 7. The molecule has 0 atom stereocenters. The van der Waals surface area contributed by atoms with Gasteiger partial charge in [0.2, 0.25) is 10.0 Å². The number of benzene rings is 1. The molecule has 0 saturated heterocycles. The maximum absolute atomic E-state index is 12.4. The third-order valence-electron chi connectivity index (χ3n) is 5.06. The van der Waals surface area contributed by atoms with Gasteiger partial charge in [-0.05, 0) is 73.9 Å². The van der Waals surface area contributed by atoms with Crippen molar-refractivity contribution in [3.8, 4) is 0 Å². The van der Waals surface area contributed by atoms with Gasteiger partial charge in [-0.25, -0.2) is 28.1 Å². The topological polar surface area (TPSA) is 133 Å². The van der Waals surface area contributed by atoms with Gasteiger partial charge < -0.3 is 10.3 Å². The third-order valence-corrected chi connectivity index (χ3v) is 9.12. The lowest BCUT2D eigenvalue weighted by Gasteiger charge is -2.20. The molecule has 3 aromatic rings. The average molecular weight is 601 g/mol. The summed E-state index contributed by atoms with van der Waals surface area (Å²) in [4.78, 5) is 26.2. The molecule has 0 amide bonds. The summed E-state index contributed by atoms with van der Waals surface area (Å²) in [5, 5.41) is 0.627. The summed E-state index contributed by atoms with van der Waals surface area (Å²) in [5.41, 5.74) is 8.37. The minimum Gasteiger partial charge on any atom is -0.382 e. The number of halogens is 1. The van der Waals surface area contributed by atoms with E-state index in [1.54, 1.807) is 0 Å². The highest BCUT2D eigenvalue weighted by molar-refractivity contribution is 14.1. The molecule has 1 aliphatic carbocycles. The van der Waals surface area contributed by atoms with Gasteiger partial charge in [0, 0.05) is 32.5 Å². The number of anilines is 1. The van der Waals surface area contributed by atoms with Crippen molar-refractivity contribution in [2.75, 3.05) is 11.5 Å². The van der Waals surface area contributed by atoms with Gasteiger partial charge >= 0.3 is 0 Å². The Morgan fingerprint density at radius 2 is 2.00 bits per heavy atom. The van der Waals surface area contributed by atoms with Gasteiger partial charge in [-0.3, -0.25) is 4.79 Å². The van der Waals surface area contributed by atoms with E-state index in [4.69, 9.17) is 5.73 Å². The average Bonchev–Trinajstić information content (AvgIpc) is 3.22. The Morgan fingerprint density at radius 1 is 1.24 bits per heavy atom. The summed E-state index contributed by atoms with van der Waals surface area (Å²) in [6.45, 7) is 5.82. The molecule has 12 heteroatoms. The number of sulfonamides is 1. The van der Waals surface area contributed by atoms with Crippen LogP contribution in [0.3, 0.4) is 0 Å². The fourth-order valence-electron chi connectivity index (χ4n) is 3.76. The number of nitrogen functional groups attached to an aromatic ring is 1. The monoisotopic (exact) mass is 600 g/mol. The van der Waals surface area contributed by atoms with Crippen molar-refractivity contribution >= 4 is 67.1 Å². The lowest BCUT2D eigenvalue weighted by molar-refractivity contribution is 0.0994. The lowest BCUT2D eigenvalue weighted by atomic mass is 10.1. The number of ketones is 1. The number of imidazole rings is 1. The van der Waals surface area contributed by atoms with E-state index in [2.05, 4.69) is 48.3 Å². The van der Waals surface area contributed by atoms with Crippen molar-refractivity contribution in [1.82, 2.24) is 24.2 Å². The van der Waals surface area contributed by atoms with E-state index in [-0.39, 0.29) is 17.4 Å². The fourth-order valence-corrected chi connectivity index (χ4v) is 7.12. The minimum absolute atomic E-state index is 0.0283. The van der Waals surface area contributed by atoms with Crippen LogP contribution in [-0.2, 0) is 23.0 Å². The van der Waals surface area contributed by atoms with Gasteiger partial charge in [0.15, 0.2) is 27.9 Å². The minimum atomic E-state index is -3.43. The van der Waals surface area contributed by atoms with Crippen LogP contribution in [0.1, 0.15) is 49.5 Å². The van der Waals surface area contributed by atoms with Crippen LogP contribution in [0.15, 0.2) is 28.5 Å². The highest BCUT2D eigenvalue weighted by atomic mass is 127. The molecule has 2 aromatic heterocycles. The summed E-state index contributed by atoms with van der Waals surface area (Å²) >= 11 is 3.68. The zero-order valence-corrected chi connectivity index (χ0v) is 22.3. The zero-order valence-electron chi connectivity index (χ0n) is 18.6. The second-order valence-corrected chi connectivity index (χ2v) is 13.0. The molecule has 1 aromatic carbocycles. The predicted molar refractivity (Wildman–Crippen MR) is 137 cm³/mol. The standard InChI is InChI=1S/C21H25IN6O3S2/c1-21(2,3)27-33(30,31)8-4-7-28-19-17(18(23)24-11-25-19)26-20(28)32-16-10-13-12(9-14(16)22)5-6-15(13)29/h9-11,27H,4-8H2,1-3H3,(H2,23,24,25). The normalized spacial score (nSPS) is 14.2. The number of carbonyl (C=O) groups is 1. The maximum Gasteiger partial charge on any atom is 0.212 e. The van der Waals surface area contributed by atoms with E-state index in [0.29, 0.717) is 35.7 Å². The summed E-state index contributed by atoms with van der Waals surface area (Å²) in [7, 11) is -3.43. The molecule has 0 fully saturated rings. The van der Waals surface area contributed by atoms with Crippen molar-refractivity contribution in [1.29, 1.82) is 0 Å². The number of aryl methyl sites for hydroxylation is 2. The number of nitrogens with one attached hydrogen (secondary N) is 1. The predicted octanol–water partition coefficient (Wildman–Crippen LogP) is 3.40. The molecule has 33 heavy (non-hydrogen) atoms. The van der Waals surface area contributed by atoms with Gasteiger partial charge in [-0.1, -0.05) is 11.8 Å². The summed E-state index contributed by atoms with van der Waals surface area (Å²) in [6, 6.07) is 3.97. The van der Waals surface area contributed by atoms with Gasteiger partial charge in [0.25, 0.3) is 0 Å². The fraction of sp³-hybridized carbons (Fsp3) is 0.429. The molecule has 0 aliphatic heterocycles. The van der Waals surface area contributed by atoms with E-state index in [1.807, 2.05) is 31.4 Å². The Hall–Kier alpha value is -1.77. The van der Waals surface area contributed by atoms with Crippen LogP contribution < -0.4 is 10.5 Å². The van der Waals surface area contributed by atoms with E-state index in [0.717, 1.165) is 26.0 Å². The van der Waals surface area contributed by atoms with E-state index in [9.17, 15) is 13.2 Å². The quantitative estimate of drug-likeness (QED) is 0.395. The Labute approximate surface area is 210 Å². The number of carbonyl (C=O) groups excluding carboxylic acids is 1. The number of hydrogen-bond acceptors (Lipinski definition) is 8. The summed E-state index contributed by atoms with van der Waals surface area (Å²) in [6.07, 6.45) is 3.06. The van der Waals surface area contributed by atoms with Crippen LogP contribution in [0.5, 0.6) is 0 Å². The van der Waals surface area contributed by atoms with Crippen molar-refractivity contribution in [2.45, 2.75) is 62.2 Å². The van der Waals surface area contributed by atoms with Crippen LogP contribution in [0.2, 0.25) is 0 Å². The molecule has 0 radical (unpaired) electrons. The summed E-state index contributed by atoms with van der Waals surface area (Å²) in [5.74, 6) is 0.393. The van der Waals surface area contributed by atoms with Crippen molar-refractivity contribution in [3.05, 3.63) is 33.2 Å². The highest BCUT2D eigenvalue weighted by Crippen LogP contribution is 2.37. The number of Topliss-reactive ketones (excluding diaryl/α,β-unsaturated/α-hetero) is 1. The first-order valence-electron chi connectivity index (χ1n) is 10.5. The molecule has 1 aliphatic rings. The van der Waals surface area contributed by atoms with Crippen molar-refractivity contribution in [2.24, 2.45) is 0 Å². The van der Waals surface area contributed by atoms with Crippen LogP contribution in [-0.4, -0.2) is 45.0 Å². The SMILES string of the molecule is CC(C)(C)NS(=O)(=O)CCCn1c(Sc2cc3c(cc2I)CCC3=O)nc2c(N)ncnc21. The number of aromatic nitrogens is 4. The maximum atomic E-state index is 12.4. The molecule has 0 saturated carbocycles. The van der Waals surface area contributed by atoms with Gasteiger partial charge in [-0.15, -0.1) is 0 Å². The van der Waals surface area contributed by atoms with Gasteiger partial charge in [-0.2, -0.15) is 0 Å². The van der Waals surface area contributed by atoms with Crippen molar-refractivity contribution < 1.29 is 13.2 Å². The first-order chi connectivity index (χ1) is 15.4.